The third kappa shape index (κ3) is 5.23. The third-order valence-corrected chi connectivity index (χ3v) is 2.98. The molecule has 1 aliphatic rings. The zero-order chi connectivity index (χ0) is 15.3. The molecule has 21 heavy (non-hydrogen) atoms. The lowest BCUT2D eigenvalue weighted by molar-refractivity contribution is 0.0523. The van der Waals surface area contributed by atoms with Crippen LogP contribution in [0.5, 0.6) is 0 Å². The van der Waals surface area contributed by atoms with E-state index in [4.69, 9.17) is 9.47 Å². The molecule has 6 heteroatoms. The van der Waals surface area contributed by atoms with Gasteiger partial charge in [0.15, 0.2) is 0 Å². The molecule has 0 radical (unpaired) electrons. The molecule has 0 bridgehead atoms. The SMILES string of the molecule is CC(C)(C)OC(=O)NCc1ccc(N2CCOCC2)nc1. The Balaban J connectivity index is 1.83. The van der Waals surface area contributed by atoms with Crippen molar-refractivity contribution >= 4 is 11.9 Å². The summed E-state index contributed by atoms with van der Waals surface area (Å²) in [5.74, 6) is 0.944. The Morgan fingerprint density at radius 1 is 1.38 bits per heavy atom. The van der Waals surface area contributed by atoms with Crippen molar-refractivity contribution in [3.05, 3.63) is 23.9 Å². The predicted octanol–water partition coefficient (Wildman–Crippen LogP) is 1.94. The largest absolute Gasteiger partial charge is 0.444 e. The van der Waals surface area contributed by atoms with Crippen molar-refractivity contribution in [2.45, 2.75) is 32.9 Å². The predicted molar refractivity (Wildman–Crippen MR) is 80.3 cm³/mol. The maximum Gasteiger partial charge on any atom is 0.407 e. The number of alkyl carbamates (subject to hydrolysis) is 1. The first kappa shape index (κ1) is 15.6. The molecule has 1 fully saturated rings. The molecule has 0 unspecified atom stereocenters. The lowest BCUT2D eigenvalue weighted by Crippen LogP contribution is -2.36. The number of hydrogen-bond donors (Lipinski definition) is 1. The van der Waals surface area contributed by atoms with E-state index in [1.165, 1.54) is 0 Å². The zero-order valence-corrected chi connectivity index (χ0v) is 12.9. The fraction of sp³-hybridized carbons (Fsp3) is 0.600. The normalized spacial score (nSPS) is 15.7. The van der Waals surface area contributed by atoms with Gasteiger partial charge >= 0.3 is 6.09 Å². The van der Waals surface area contributed by atoms with E-state index in [9.17, 15) is 4.79 Å². The van der Waals surface area contributed by atoms with Gasteiger partial charge in [-0.15, -0.1) is 0 Å². The molecule has 0 spiro atoms. The smallest absolute Gasteiger partial charge is 0.407 e. The number of rotatable bonds is 3. The first-order valence-corrected chi connectivity index (χ1v) is 7.18. The average molecular weight is 293 g/mol. The van der Waals surface area contributed by atoms with E-state index >= 15 is 0 Å². The molecule has 1 N–H and O–H groups in total. The zero-order valence-electron chi connectivity index (χ0n) is 12.9. The molecule has 2 heterocycles. The van der Waals surface area contributed by atoms with E-state index in [2.05, 4.69) is 15.2 Å². The molecule has 0 aromatic carbocycles. The van der Waals surface area contributed by atoms with Gasteiger partial charge in [0.05, 0.1) is 13.2 Å². The van der Waals surface area contributed by atoms with Crippen LogP contribution in [0.3, 0.4) is 0 Å². The van der Waals surface area contributed by atoms with Crippen molar-refractivity contribution in [1.29, 1.82) is 0 Å². The van der Waals surface area contributed by atoms with Crippen LogP contribution in [-0.4, -0.2) is 43.0 Å². The van der Waals surface area contributed by atoms with Gasteiger partial charge in [0.2, 0.25) is 0 Å². The number of pyridine rings is 1. The summed E-state index contributed by atoms with van der Waals surface area (Å²) in [7, 11) is 0. The first-order chi connectivity index (χ1) is 9.94. The Morgan fingerprint density at radius 2 is 2.10 bits per heavy atom. The van der Waals surface area contributed by atoms with E-state index < -0.39 is 11.7 Å². The Bertz CT molecular complexity index is 462. The number of nitrogens with zero attached hydrogens (tertiary/aromatic N) is 2. The number of ether oxygens (including phenoxy) is 2. The van der Waals surface area contributed by atoms with Crippen LogP contribution in [0.2, 0.25) is 0 Å². The van der Waals surface area contributed by atoms with Crippen LogP contribution in [0.15, 0.2) is 18.3 Å². The number of carbonyl (C=O) groups excluding carboxylic acids is 1. The maximum absolute atomic E-state index is 11.6. The number of carbonyl (C=O) groups is 1. The topological polar surface area (TPSA) is 63.7 Å². The molecule has 1 aliphatic heterocycles. The highest BCUT2D eigenvalue weighted by molar-refractivity contribution is 5.67. The van der Waals surface area contributed by atoms with Gasteiger partial charge in [-0.2, -0.15) is 0 Å². The Kier molecular flexibility index (Phi) is 5.01. The van der Waals surface area contributed by atoms with E-state index in [0.29, 0.717) is 6.54 Å². The number of hydrogen-bond acceptors (Lipinski definition) is 5. The second-order valence-corrected chi connectivity index (χ2v) is 5.98. The third-order valence-electron chi connectivity index (χ3n) is 2.98. The molecule has 1 aromatic heterocycles. The van der Waals surface area contributed by atoms with E-state index in [0.717, 1.165) is 37.7 Å². The molecule has 0 saturated carbocycles. The summed E-state index contributed by atoms with van der Waals surface area (Å²) < 4.78 is 10.5. The minimum Gasteiger partial charge on any atom is -0.444 e. The van der Waals surface area contributed by atoms with Crippen molar-refractivity contribution in [3.8, 4) is 0 Å². The fourth-order valence-corrected chi connectivity index (χ4v) is 1.99. The minimum absolute atomic E-state index is 0.408. The Morgan fingerprint density at radius 3 is 2.67 bits per heavy atom. The van der Waals surface area contributed by atoms with Crippen LogP contribution in [0.4, 0.5) is 10.6 Å². The van der Waals surface area contributed by atoms with Crippen molar-refractivity contribution in [2.75, 3.05) is 31.2 Å². The van der Waals surface area contributed by atoms with Crippen LogP contribution >= 0.6 is 0 Å². The number of aromatic nitrogens is 1. The minimum atomic E-state index is -0.484. The summed E-state index contributed by atoms with van der Waals surface area (Å²) in [6, 6.07) is 3.94. The average Bonchev–Trinajstić information content (AvgIpc) is 2.45. The van der Waals surface area contributed by atoms with Gasteiger partial charge in [0.1, 0.15) is 11.4 Å². The van der Waals surface area contributed by atoms with E-state index in [-0.39, 0.29) is 0 Å². The summed E-state index contributed by atoms with van der Waals surface area (Å²) in [6.07, 6.45) is 1.36. The van der Waals surface area contributed by atoms with Crippen LogP contribution in [0.1, 0.15) is 26.3 Å². The van der Waals surface area contributed by atoms with E-state index in [1.807, 2.05) is 32.9 Å². The molecular formula is C15H23N3O3. The molecule has 6 nitrogen and oxygen atoms in total. The first-order valence-electron chi connectivity index (χ1n) is 7.18. The van der Waals surface area contributed by atoms with Gasteiger partial charge < -0.3 is 19.7 Å². The second kappa shape index (κ2) is 6.76. The molecule has 116 valence electrons. The molecule has 1 aromatic rings. The van der Waals surface area contributed by atoms with Gasteiger partial charge in [-0.05, 0) is 32.4 Å². The summed E-state index contributed by atoms with van der Waals surface area (Å²) >= 11 is 0. The Labute approximate surface area is 125 Å². The maximum atomic E-state index is 11.6. The van der Waals surface area contributed by atoms with Crippen molar-refractivity contribution in [1.82, 2.24) is 10.3 Å². The standard InChI is InChI=1S/C15H23N3O3/c1-15(2,3)21-14(19)17-11-12-4-5-13(16-10-12)18-6-8-20-9-7-18/h4-5,10H,6-9,11H2,1-3H3,(H,17,19). The van der Waals surface area contributed by atoms with Gasteiger partial charge in [-0.3, -0.25) is 0 Å². The van der Waals surface area contributed by atoms with Gasteiger partial charge in [-0.1, -0.05) is 6.07 Å². The number of amides is 1. The highest BCUT2D eigenvalue weighted by atomic mass is 16.6. The molecule has 2 rings (SSSR count). The lowest BCUT2D eigenvalue weighted by atomic mass is 10.2. The molecule has 0 aliphatic carbocycles. The van der Waals surface area contributed by atoms with E-state index in [1.54, 1.807) is 6.20 Å². The summed E-state index contributed by atoms with van der Waals surface area (Å²) in [5.41, 5.74) is 0.459. The number of morpholine rings is 1. The van der Waals surface area contributed by atoms with Gasteiger partial charge in [0, 0.05) is 25.8 Å². The summed E-state index contributed by atoms with van der Waals surface area (Å²) in [5, 5.41) is 2.72. The quantitative estimate of drug-likeness (QED) is 0.922. The molecular weight excluding hydrogens is 270 g/mol. The monoisotopic (exact) mass is 293 g/mol. The van der Waals surface area contributed by atoms with Crippen LogP contribution in [0.25, 0.3) is 0 Å². The Hall–Kier alpha value is -1.82. The van der Waals surface area contributed by atoms with Crippen LogP contribution in [-0.2, 0) is 16.0 Å². The van der Waals surface area contributed by atoms with Crippen molar-refractivity contribution < 1.29 is 14.3 Å². The number of nitrogens with one attached hydrogen (secondary N) is 1. The fourth-order valence-electron chi connectivity index (χ4n) is 1.99. The van der Waals surface area contributed by atoms with Crippen molar-refractivity contribution in [2.24, 2.45) is 0 Å². The molecule has 1 saturated heterocycles. The van der Waals surface area contributed by atoms with Crippen LogP contribution < -0.4 is 10.2 Å². The summed E-state index contributed by atoms with van der Waals surface area (Å²) in [4.78, 5) is 18.2. The van der Waals surface area contributed by atoms with Gasteiger partial charge in [-0.25, -0.2) is 9.78 Å². The highest BCUT2D eigenvalue weighted by Gasteiger charge is 2.16. The molecule has 0 atom stereocenters. The lowest BCUT2D eigenvalue weighted by Gasteiger charge is -2.27. The molecule has 1 amide bonds. The van der Waals surface area contributed by atoms with Gasteiger partial charge in [0.25, 0.3) is 0 Å². The second-order valence-electron chi connectivity index (χ2n) is 5.98. The highest BCUT2D eigenvalue weighted by Crippen LogP contribution is 2.13. The van der Waals surface area contributed by atoms with Crippen molar-refractivity contribution in [3.63, 3.8) is 0 Å². The van der Waals surface area contributed by atoms with Crippen LogP contribution in [0, 0.1) is 0 Å². The number of anilines is 1. The summed E-state index contributed by atoms with van der Waals surface area (Å²) in [6.45, 7) is 9.13.